The zero-order valence-corrected chi connectivity index (χ0v) is 15.5. The first-order chi connectivity index (χ1) is 11.3. The number of aliphatic hydroxyl groups is 2. The Hall–Kier alpha value is -0.410. The molecule has 3 nitrogen and oxygen atoms in total. The molecule has 0 aliphatic heterocycles. The molecule has 3 heteroatoms. The molecule has 0 saturated heterocycles. The van der Waals surface area contributed by atoms with Crippen molar-refractivity contribution in [3.05, 3.63) is 0 Å². The molecule has 4 rings (SSSR count). The van der Waals surface area contributed by atoms with Crippen LogP contribution in [0.5, 0.6) is 0 Å². The normalized spacial score (nSPS) is 57.0. The molecule has 0 aromatic heterocycles. The molecule has 4 aliphatic rings. The minimum absolute atomic E-state index is 0.00376. The van der Waals surface area contributed by atoms with Gasteiger partial charge in [0.25, 0.3) is 0 Å². The number of fused-ring (bicyclic) bond motifs is 5. The fraction of sp³-hybridized carbons (Fsp3) is 0.952. The summed E-state index contributed by atoms with van der Waals surface area (Å²) in [5.74, 6) is 2.58. The maximum Gasteiger partial charge on any atom is 0.133 e. The van der Waals surface area contributed by atoms with Gasteiger partial charge >= 0.3 is 0 Å². The molecule has 7 unspecified atom stereocenters. The summed E-state index contributed by atoms with van der Waals surface area (Å²) in [7, 11) is 0. The van der Waals surface area contributed by atoms with E-state index in [0.717, 1.165) is 38.5 Å². The summed E-state index contributed by atoms with van der Waals surface area (Å²) in [4.78, 5) is 12.2. The van der Waals surface area contributed by atoms with Crippen LogP contribution in [0, 0.1) is 40.4 Å². The van der Waals surface area contributed by atoms with Crippen LogP contribution >= 0.6 is 0 Å². The van der Waals surface area contributed by atoms with Crippen LogP contribution in [0.4, 0.5) is 0 Å². The Bertz CT molecular complexity index is 531. The lowest BCUT2D eigenvalue weighted by Crippen LogP contribution is -2.59. The van der Waals surface area contributed by atoms with Crippen molar-refractivity contribution in [1.29, 1.82) is 0 Å². The van der Waals surface area contributed by atoms with Crippen molar-refractivity contribution in [3.8, 4) is 0 Å². The molecule has 4 saturated carbocycles. The van der Waals surface area contributed by atoms with Gasteiger partial charge in [0, 0.05) is 5.92 Å². The van der Waals surface area contributed by atoms with Crippen molar-refractivity contribution in [1.82, 2.24) is 0 Å². The van der Waals surface area contributed by atoms with Crippen LogP contribution in [0.1, 0.15) is 72.1 Å². The van der Waals surface area contributed by atoms with Gasteiger partial charge in [-0.3, -0.25) is 4.79 Å². The van der Waals surface area contributed by atoms with Crippen molar-refractivity contribution >= 4 is 5.78 Å². The summed E-state index contributed by atoms with van der Waals surface area (Å²) < 4.78 is 0. The fourth-order valence-electron chi connectivity index (χ4n) is 8.03. The molecule has 0 amide bonds. The zero-order valence-electron chi connectivity index (χ0n) is 15.5. The Morgan fingerprint density at radius 3 is 2.46 bits per heavy atom. The highest BCUT2D eigenvalue weighted by molar-refractivity contribution is 5.79. The van der Waals surface area contributed by atoms with Gasteiger partial charge in [-0.05, 0) is 92.8 Å². The van der Waals surface area contributed by atoms with Gasteiger partial charge in [-0.2, -0.15) is 0 Å². The fourth-order valence-corrected chi connectivity index (χ4v) is 8.03. The van der Waals surface area contributed by atoms with Gasteiger partial charge in [-0.1, -0.05) is 13.8 Å². The summed E-state index contributed by atoms with van der Waals surface area (Å²) in [6.07, 6.45) is 7.80. The summed E-state index contributed by atoms with van der Waals surface area (Å²) in [6, 6.07) is 0. The van der Waals surface area contributed by atoms with Crippen LogP contribution in [-0.2, 0) is 4.79 Å². The summed E-state index contributed by atoms with van der Waals surface area (Å²) in [5, 5.41) is 21.3. The molecular formula is C21H34O3. The second-order valence-corrected chi connectivity index (χ2v) is 10.0. The van der Waals surface area contributed by atoms with E-state index in [9.17, 15) is 15.0 Å². The lowest BCUT2D eigenvalue weighted by atomic mass is 9.44. The van der Waals surface area contributed by atoms with Crippen LogP contribution in [0.3, 0.4) is 0 Å². The maximum absolute atomic E-state index is 12.2. The number of rotatable bonds is 1. The molecule has 4 aliphatic carbocycles. The van der Waals surface area contributed by atoms with E-state index in [-0.39, 0.29) is 29.0 Å². The third kappa shape index (κ3) is 2.19. The second-order valence-electron chi connectivity index (χ2n) is 10.0. The third-order valence-electron chi connectivity index (χ3n) is 9.06. The molecule has 0 radical (unpaired) electrons. The SMILES string of the molecule is CC(=O)C1CCC2C3CC[C@H]4CC(O)CCC4(C)C3[C@H](O)CC12C. The monoisotopic (exact) mass is 334 g/mol. The van der Waals surface area contributed by atoms with Gasteiger partial charge in [0.1, 0.15) is 5.78 Å². The number of ketones is 1. The highest BCUT2D eigenvalue weighted by Crippen LogP contribution is 2.67. The molecule has 0 heterocycles. The molecule has 24 heavy (non-hydrogen) atoms. The number of hydrogen-bond acceptors (Lipinski definition) is 3. The number of carbonyl (C=O) groups excluding carboxylic acids is 1. The number of aliphatic hydroxyl groups excluding tert-OH is 2. The van der Waals surface area contributed by atoms with E-state index in [0.29, 0.717) is 29.5 Å². The minimum atomic E-state index is -0.278. The Morgan fingerprint density at radius 1 is 1.00 bits per heavy atom. The quantitative estimate of drug-likeness (QED) is 0.771. The molecule has 0 aromatic carbocycles. The summed E-state index contributed by atoms with van der Waals surface area (Å²) in [5.41, 5.74) is 0.182. The smallest absolute Gasteiger partial charge is 0.133 e. The molecule has 0 aromatic rings. The second kappa shape index (κ2) is 5.54. The molecule has 136 valence electrons. The van der Waals surface area contributed by atoms with E-state index in [1.165, 1.54) is 12.8 Å². The Labute approximate surface area is 146 Å². The van der Waals surface area contributed by atoms with Gasteiger partial charge < -0.3 is 10.2 Å². The predicted octanol–water partition coefficient (Wildman–Crippen LogP) is 3.57. The highest BCUT2D eigenvalue weighted by Gasteiger charge is 2.63. The summed E-state index contributed by atoms with van der Waals surface area (Å²) >= 11 is 0. The molecule has 0 bridgehead atoms. The Balaban J connectivity index is 1.67. The Morgan fingerprint density at radius 2 is 1.75 bits per heavy atom. The van der Waals surface area contributed by atoms with Gasteiger partial charge in [0.2, 0.25) is 0 Å². The number of carbonyl (C=O) groups is 1. The van der Waals surface area contributed by atoms with E-state index in [1.54, 1.807) is 6.92 Å². The van der Waals surface area contributed by atoms with Crippen molar-refractivity contribution in [3.63, 3.8) is 0 Å². The largest absolute Gasteiger partial charge is 0.393 e. The van der Waals surface area contributed by atoms with Crippen LogP contribution in [0.15, 0.2) is 0 Å². The average Bonchev–Trinajstić information content (AvgIpc) is 2.84. The van der Waals surface area contributed by atoms with Gasteiger partial charge in [0.15, 0.2) is 0 Å². The number of Topliss-reactive ketones (excluding diaryl/α,β-unsaturated/α-hetero) is 1. The average molecular weight is 335 g/mol. The topological polar surface area (TPSA) is 57.5 Å². The van der Waals surface area contributed by atoms with Crippen molar-refractivity contribution in [2.24, 2.45) is 40.4 Å². The van der Waals surface area contributed by atoms with E-state index in [4.69, 9.17) is 0 Å². The number of hydrogen-bond donors (Lipinski definition) is 2. The van der Waals surface area contributed by atoms with Crippen molar-refractivity contribution in [2.45, 2.75) is 84.3 Å². The van der Waals surface area contributed by atoms with E-state index in [2.05, 4.69) is 13.8 Å². The lowest BCUT2D eigenvalue weighted by molar-refractivity contribution is -0.178. The molecule has 9 atom stereocenters. The van der Waals surface area contributed by atoms with Crippen LogP contribution in [-0.4, -0.2) is 28.2 Å². The van der Waals surface area contributed by atoms with Gasteiger partial charge in [0.05, 0.1) is 12.2 Å². The van der Waals surface area contributed by atoms with E-state index >= 15 is 0 Å². The van der Waals surface area contributed by atoms with Crippen LogP contribution in [0.2, 0.25) is 0 Å². The first-order valence-electron chi connectivity index (χ1n) is 10.1. The van der Waals surface area contributed by atoms with Crippen molar-refractivity contribution in [2.75, 3.05) is 0 Å². The molecule has 4 fully saturated rings. The highest BCUT2D eigenvalue weighted by atomic mass is 16.3. The lowest BCUT2D eigenvalue weighted by Gasteiger charge is -2.62. The zero-order chi connectivity index (χ0) is 17.3. The third-order valence-corrected chi connectivity index (χ3v) is 9.06. The van der Waals surface area contributed by atoms with E-state index in [1.807, 2.05) is 0 Å². The predicted molar refractivity (Wildman–Crippen MR) is 93.3 cm³/mol. The van der Waals surface area contributed by atoms with Crippen LogP contribution < -0.4 is 0 Å². The standard InChI is InChI=1S/C21H34O3/c1-12(22)16-6-7-17-15-5-4-13-10-14(23)8-9-20(13,2)19(15)18(24)11-21(16,17)3/h13-19,23-24H,4-11H2,1-3H3/t13-,14?,15?,16?,17?,18+,19?,20?,21?/m0/s1. The van der Waals surface area contributed by atoms with Crippen LogP contribution in [0.25, 0.3) is 0 Å². The first-order valence-corrected chi connectivity index (χ1v) is 10.1. The Kier molecular flexibility index (Phi) is 3.93. The molecular weight excluding hydrogens is 300 g/mol. The van der Waals surface area contributed by atoms with Gasteiger partial charge in [-0.25, -0.2) is 0 Å². The van der Waals surface area contributed by atoms with E-state index < -0.39 is 0 Å². The summed E-state index contributed by atoms with van der Waals surface area (Å²) in [6.45, 7) is 6.43. The molecule has 2 N–H and O–H groups in total. The maximum atomic E-state index is 12.2. The first kappa shape index (κ1) is 17.0. The van der Waals surface area contributed by atoms with Crippen molar-refractivity contribution < 1.29 is 15.0 Å². The molecule has 0 spiro atoms. The minimum Gasteiger partial charge on any atom is -0.393 e. The van der Waals surface area contributed by atoms with Gasteiger partial charge in [-0.15, -0.1) is 0 Å².